The Balaban J connectivity index is 0.000000486. The lowest BCUT2D eigenvalue weighted by molar-refractivity contribution is -0.192. The maximum atomic E-state index is 11.4. The van der Waals surface area contributed by atoms with Gasteiger partial charge in [-0.3, -0.25) is 4.79 Å². The second-order valence-electron chi connectivity index (χ2n) is 4.33. The molecule has 8 nitrogen and oxygen atoms in total. The highest BCUT2D eigenvalue weighted by Gasteiger charge is 2.39. The van der Waals surface area contributed by atoms with E-state index in [4.69, 9.17) is 20.7 Å². The number of halogens is 3. The number of aliphatic hydroxyl groups excluding tert-OH is 1. The molecule has 0 bridgehead atoms. The number of carboxylic acids is 2. The largest absolute Gasteiger partial charge is 0.490 e. The Morgan fingerprint density at radius 1 is 1.29 bits per heavy atom. The number of carbonyl (C=O) groups excluding carboxylic acids is 1. The first-order chi connectivity index (χ1) is 9.37. The number of hydrogen-bond donors (Lipinski definition) is 4. The van der Waals surface area contributed by atoms with Crippen LogP contribution in [0, 0.1) is 0 Å². The van der Waals surface area contributed by atoms with Crippen molar-refractivity contribution in [1.82, 2.24) is 4.90 Å². The van der Waals surface area contributed by atoms with E-state index in [2.05, 4.69) is 0 Å². The molecule has 1 fully saturated rings. The van der Waals surface area contributed by atoms with Crippen LogP contribution in [0.15, 0.2) is 0 Å². The molecule has 122 valence electrons. The van der Waals surface area contributed by atoms with E-state index < -0.39 is 42.2 Å². The van der Waals surface area contributed by atoms with Crippen LogP contribution >= 0.6 is 0 Å². The summed E-state index contributed by atoms with van der Waals surface area (Å²) in [5, 5.41) is 25.2. The number of nitrogens with zero attached hydrogens (tertiary/aromatic N) is 1. The smallest absolute Gasteiger partial charge is 0.480 e. The lowest BCUT2D eigenvalue weighted by Crippen LogP contribution is -2.47. The van der Waals surface area contributed by atoms with Crippen LogP contribution < -0.4 is 5.73 Å². The third kappa shape index (κ3) is 5.95. The number of alkyl halides is 3. The van der Waals surface area contributed by atoms with Gasteiger partial charge in [0.2, 0.25) is 5.91 Å². The van der Waals surface area contributed by atoms with Crippen LogP contribution in [0.3, 0.4) is 0 Å². The summed E-state index contributed by atoms with van der Waals surface area (Å²) in [6.07, 6.45) is -5.77. The Bertz CT molecular complexity index is 412. The van der Waals surface area contributed by atoms with Gasteiger partial charge in [-0.15, -0.1) is 0 Å². The maximum absolute atomic E-state index is 11.4. The average Bonchev–Trinajstić information content (AvgIpc) is 2.69. The lowest BCUT2D eigenvalue weighted by Gasteiger charge is -2.22. The average molecular weight is 316 g/mol. The van der Waals surface area contributed by atoms with E-state index in [0.29, 0.717) is 0 Å². The predicted octanol–water partition coefficient (Wildman–Crippen LogP) is -0.987. The van der Waals surface area contributed by atoms with Crippen molar-refractivity contribution < 1.29 is 42.9 Å². The zero-order chi connectivity index (χ0) is 17.0. The van der Waals surface area contributed by atoms with E-state index in [1.807, 2.05) is 0 Å². The molecule has 5 N–H and O–H groups in total. The lowest BCUT2D eigenvalue weighted by atomic mass is 10.2. The molecule has 1 rings (SSSR count). The first-order valence-electron chi connectivity index (χ1n) is 5.65. The summed E-state index contributed by atoms with van der Waals surface area (Å²) < 4.78 is 31.7. The summed E-state index contributed by atoms with van der Waals surface area (Å²) in [6.45, 7) is 1.54. The van der Waals surface area contributed by atoms with Crippen molar-refractivity contribution >= 4 is 17.8 Å². The maximum Gasteiger partial charge on any atom is 0.490 e. The Morgan fingerprint density at radius 3 is 2.00 bits per heavy atom. The number of hydrogen-bond acceptors (Lipinski definition) is 5. The number of β-amino-alcohol motifs (C(OH)–C–C–N with tert-alkyl or cyclic N) is 1. The first kappa shape index (κ1) is 19.1. The van der Waals surface area contributed by atoms with Gasteiger partial charge < -0.3 is 26.0 Å². The van der Waals surface area contributed by atoms with E-state index in [1.165, 1.54) is 6.92 Å². The van der Waals surface area contributed by atoms with Crippen LogP contribution in [0.25, 0.3) is 0 Å². The number of aliphatic hydroxyl groups is 1. The van der Waals surface area contributed by atoms with Crippen LogP contribution in [0.4, 0.5) is 13.2 Å². The van der Waals surface area contributed by atoms with Crippen LogP contribution in [0.2, 0.25) is 0 Å². The van der Waals surface area contributed by atoms with Crippen LogP contribution in [-0.2, 0) is 14.4 Å². The number of likely N-dealkylation sites (tertiary alicyclic amines) is 1. The number of nitrogens with two attached hydrogens (primary N) is 1. The molecule has 3 unspecified atom stereocenters. The Hall–Kier alpha value is -1.88. The minimum absolute atomic E-state index is 0.0529. The Labute approximate surface area is 116 Å². The van der Waals surface area contributed by atoms with Crippen LogP contribution in [-0.4, -0.2) is 69.0 Å². The normalized spacial score (nSPS) is 23.0. The van der Waals surface area contributed by atoms with Gasteiger partial charge in [0.25, 0.3) is 0 Å². The zero-order valence-electron chi connectivity index (χ0n) is 10.9. The fourth-order valence-corrected chi connectivity index (χ4v) is 1.55. The van der Waals surface area contributed by atoms with Crippen molar-refractivity contribution in [3.05, 3.63) is 0 Å². The van der Waals surface area contributed by atoms with Gasteiger partial charge in [-0.25, -0.2) is 9.59 Å². The van der Waals surface area contributed by atoms with E-state index in [1.54, 1.807) is 0 Å². The molecular weight excluding hydrogens is 301 g/mol. The monoisotopic (exact) mass is 316 g/mol. The number of aliphatic carboxylic acids is 2. The molecule has 0 aromatic rings. The molecule has 1 aliphatic rings. The standard InChI is InChI=1S/C8H14N2O4.C2HF3O2/c1-4(9)7(12)10-3-5(11)2-6(10)8(13)14;3-2(4,5)1(6)7/h4-6,11H,2-3,9H2,1H3,(H,13,14);(H,6,7). The fraction of sp³-hybridized carbons (Fsp3) is 0.700. The molecular formula is C10H15F3N2O6. The summed E-state index contributed by atoms with van der Waals surface area (Å²) in [5.74, 6) is -4.29. The number of carbonyl (C=O) groups is 3. The Kier molecular flexibility index (Phi) is 6.57. The highest BCUT2D eigenvalue weighted by Crippen LogP contribution is 2.18. The van der Waals surface area contributed by atoms with Gasteiger partial charge >= 0.3 is 18.1 Å². The van der Waals surface area contributed by atoms with Gasteiger partial charge in [0.15, 0.2) is 0 Å². The highest BCUT2D eigenvalue weighted by atomic mass is 19.4. The van der Waals surface area contributed by atoms with E-state index in [9.17, 15) is 27.9 Å². The molecule has 3 atom stereocenters. The molecule has 0 aromatic heterocycles. The number of amides is 1. The second kappa shape index (κ2) is 7.22. The third-order valence-corrected chi connectivity index (χ3v) is 2.48. The summed E-state index contributed by atoms with van der Waals surface area (Å²) in [6, 6.07) is -1.68. The molecule has 0 aliphatic carbocycles. The van der Waals surface area contributed by atoms with Crippen molar-refractivity contribution in [2.24, 2.45) is 5.73 Å². The third-order valence-electron chi connectivity index (χ3n) is 2.48. The summed E-state index contributed by atoms with van der Waals surface area (Å²) in [7, 11) is 0. The van der Waals surface area contributed by atoms with Gasteiger partial charge in [0.1, 0.15) is 6.04 Å². The quantitative estimate of drug-likeness (QED) is 0.512. The summed E-state index contributed by atoms with van der Waals surface area (Å²) in [4.78, 5) is 32.2. The van der Waals surface area contributed by atoms with E-state index >= 15 is 0 Å². The summed E-state index contributed by atoms with van der Waals surface area (Å²) in [5.41, 5.74) is 5.36. The van der Waals surface area contributed by atoms with Crippen LogP contribution in [0.1, 0.15) is 13.3 Å². The minimum atomic E-state index is -5.08. The molecule has 1 aliphatic heterocycles. The number of carboxylic acid groups (broad SMARTS) is 2. The SMILES string of the molecule is CC(N)C(=O)N1CC(O)CC1C(=O)O.O=C(O)C(F)(F)F. The molecule has 11 heteroatoms. The van der Waals surface area contributed by atoms with Gasteiger partial charge in [-0.2, -0.15) is 13.2 Å². The van der Waals surface area contributed by atoms with Crippen molar-refractivity contribution in [3.8, 4) is 0 Å². The fourth-order valence-electron chi connectivity index (χ4n) is 1.55. The van der Waals surface area contributed by atoms with Gasteiger partial charge in [0.05, 0.1) is 12.1 Å². The zero-order valence-corrected chi connectivity index (χ0v) is 10.9. The molecule has 0 aromatic carbocycles. The number of rotatable bonds is 2. The minimum Gasteiger partial charge on any atom is -0.480 e. The topological polar surface area (TPSA) is 141 Å². The molecule has 1 amide bonds. The molecule has 0 saturated carbocycles. The second-order valence-corrected chi connectivity index (χ2v) is 4.33. The van der Waals surface area contributed by atoms with E-state index in [0.717, 1.165) is 4.90 Å². The predicted molar refractivity (Wildman–Crippen MR) is 61.1 cm³/mol. The first-order valence-corrected chi connectivity index (χ1v) is 5.65. The molecule has 1 heterocycles. The van der Waals surface area contributed by atoms with Gasteiger partial charge in [-0.05, 0) is 6.92 Å². The highest BCUT2D eigenvalue weighted by molar-refractivity contribution is 5.87. The molecule has 0 radical (unpaired) electrons. The summed E-state index contributed by atoms with van der Waals surface area (Å²) >= 11 is 0. The van der Waals surface area contributed by atoms with Gasteiger partial charge in [0, 0.05) is 13.0 Å². The van der Waals surface area contributed by atoms with Crippen molar-refractivity contribution in [3.63, 3.8) is 0 Å². The van der Waals surface area contributed by atoms with Crippen LogP contribution in [0.5, 0.6) is 0 Å². The van der Waals surface area contributed by atoms with Crippen molar-refractivity contribution in [1.29, 1.82) is 0 Å². The van der Waals surface area contributed by atoms with Crippen molar-refractivity contribution in [2.75, 3.05) is 6.54 Å². The van der Waals surface area contributed by atoms with E-state index in [-0.39, 0.29) is 13.0 Å². The van der Waals surface area contributed by atoms with Gasteiger partial charge in [-0.1, -0.05) is 0 Å². The van der Waals surface area contributed by atoms with Crippen molar-refractivity contribution in [2.45, 2.75) is 37.7 Å². The molecule has 21 heavy (non-hydrogen) atoms. The molecule has 0 spiro atoms. The Morgan fingerprint density at radius 2 is 1.71 bits per heavy atom. The molecule has 1 saturated heterocycles.